The Labute approximate surface area is 96.0 Å². The number of halogens is 1. The summed E-state index contributed by atoms with van der Waals surface area (Å²) >= 11 is 0. The van der Waals surface area contributed by atoms with Gasteiger partial charge in [0.15, 0.2) is 0 Å². The summed E-state index contributed by atoms with van der Waals surface area (Å²) in [5.41, 5.74) is 0.0556. The number of nitro groups is 1. The lowest BCUT2D eigenvalue weighted by atomic mass is 10.2. The molecule has 0 fully saturated rings. The summed E-state index contributed by atoms with van der Waals surface area (Å²) in [6, 6.07) is 6.81. The lowest BCUT2D eigenvalue weighted by molar-refractivity contribution is -0.385. The minimum absolute atomic E-state index is 0.285. The molecule has 17 heavy (non-hydrogen) atoms. The number of hydrogen-bond acceptors (Lipinski definition) is 4. The van der Waals surface area contributed by atoms with Gasteiger partial charge in [0.2, 0.25) is 0 Å². The number of nitrogens with one attached hydrogen (secondary N) is 1. The first-order chi connectivity index (χ1) is 8.15. The van der Waals surface area contributed by atoms with Crippen LogP contribution in [-0.4, -0.2) is 4.92 Å². The second kappa shape index (κ2) is 4.65. The van der Waals surface area contributed by atoms with Gasteiger partial charge in [0.05, 0.1) is 23.8 Å². The molecule has 0 atom stereocenters. The van der Waals surface area contributed by atoms with Crippen LogP contribution in [-0.2, 0) is 6.54 Å². The van der Waals surface area contributed by atoms with Crippen molar-refractivity contribution in [3.63, 3.8) is 0 Å². The highest BCUT2D eigenvalue weighted by atomic mass is 19.1. The van der Waals surface area contributed by atoms with Gasteiger partial charge in [-0.3, -0.25) is 10.1 Å². The van der Waals surface area contributed by atoms with Crippen LogP contribution in [0.3, 0.4) is 0 Å². The highest BCUT2D eigenvalue weighted by Gasteiger charge is 2.09. The predicted molar refractivity (Wildman–Crippen MR) is 59.1 cm³/mol. The normalized spacial score (nSPS) is 10.2. The van der Waals surface area contributed by atoms with E-state index in [-0.39, 0.29) is 5.69 Å². The fraction of sp³-hybridized carbons (Fsp3) is 0.0909. The van der Waals surface area contributed by atoms with Gasteiger partial charge in [-0.15, -0.1) is 0 Å². The average molecular weight is 236 g/mol. The van der Waals surface area contributed by atoms with Gasteiger partial charge in [0.25, 0.3) is 5.69 Å². The lowest BCUT2D eigenvalue weighted by Crippen LogP contribution is -1.99. The molecule has 88 valence electrons. The van der Waals surface area contributed by atoms with E-state index in [0.29, 0.717) is 18.0 Å². The quantitative estimate of drug-likeness (QED) is 0.654. The van der Waals surface area contributed by atoms with Crippen LogP contribution in [0.25, 0.3) is 0 Å². The highest BCUT2D eigenvalue weighted by molar-refractivity contribution is 5.51. The minimum Gasteiger partial charge on any atom is -0.467 e. The summed E-state index contributed by atoms with van der Waals surface area (Å²) in [7, 11) is 0. The van der Waals surface area contributed by atoms with Crippen LogP contribution in [0, 0.1) is 15.9 Å². The van der Waals surface area contributed by atoms with Crippen LogP contribution in [0.1, 0.15) is 5.76 Å². The molecule has 0 unspecified atom stereocenters. The van der Waals surface area contributed by atoms with E-state index >= 15 is 0 Å². The molecule has 1 aromatic heterocycles. The molecule has 0 spiro atoms. The second-order valence-electron chi connectivity index (χ2n) is 3.39. The topological polar surface area (TPSA) is 68.3 Å². The molecular formula is C11H9FN2O3. The molecule has 0 saturated heterocycles. The molecule has 0 aliphatic heterocycles. The Morgan fingerprint density at radius 1 is 1.41 bits per heavy atom. The molecule has 1 aromatic carbocycles. The maximum absolute atomic E-state index is 13.1. The van der Waals surface area contributed by atoms with Gasteiger partial charge in [-0.1, -0.05) is 0 Å². The van der Waals surface area contributed by atoms with Crippen LogP contribution < -0.4 is 5.32 Å². The Bertz CT molecular complexity index is 526. The molecule has 2 aromatic rings. The van der Waals surface area contributed by atoms with Gasteiger partial charge in [-0.05, 0) is 18.2 Å². The zero-order chi connectivity index (χ0) is 12.3. The highest BCUT2D eigenvalue weighted by Crippen LogP contribution is 2.20. The van der Waals surface area contributed by atoms with Crippen molar-refractivity contribution in [1.29, 1.82) is 0 Å². The smallest absolute Gasteiger partial charge is 0.274 e. The maximum Gasteiger partial charge on any atom is 0.274 e. The number of anilines is 1. The van der Waals surface area contributed by atoms with Crippen molar-refractivity contribution in [1.82, 2.24) is 0 Å². The maximum atomic E-state index is 13.1. The van der Waals surface area contributed by atoms with Crippen molar-refractivity contribution in [2.45, 2.75) is 6.54 Å². The van der Waals surface area contributed by atoms with Crippen molar-refractivity contribution in [3.8, 4) is 0 Å². The molecular weight excluding hydrogens is 227 g/mol. The Morgan fingerprint density at radius 3 is 2.88 bits per heavy atom. The van der Waals surface area contributed by atoms with E-state index in [1.54, 1.807) is 12.1 Å². The minimum atomic E-state index is -0.652. The Morgan fingerprint density at radius 2 is 2.24 bits per heavy atom. The number of rotatable bonds is 4. The predicted octanol–water partition coefficient (Wildman–Crippen LogP) is 2.94. The molecule has 6 heteroatoms. The second-order valence-corrected chi connectivity index (χ2v) is 3.39. The fourth-order valence-corrected chi connectivity index (χ4v) is 1.38. The molecule has 0 bridgehead atoms. The summed E-state index contributed by atoms with van der Waals surface area (Å²) in [6.07, 6.45) is 1.52. The number of hydrogen-bond donors (Lipinski definition) is 1. The third-order valence-corrected chi connectivity index (χ3v) is 2.14. The van der Waals surface area contributed by atoms with E-state index in [0.717, 1.165) is 6.07 Å². The summed E-state index contributed by atoms with van der Waals surface area (Å²) < 4.78 is 18.2. The molecule has 0 radical (unpaired) electrons. The average Bonchev–Trinajstić information content (AvgIpc) is 2.78. The molecule has 0 aliphatic carbocycles. The van der Waals surface area contributed by atoms with E-state index in [9.17, 15) is 14.5 Å². The van der Waals surface area contributed by atoms with Crippen molar-refractivity contribution in [2.24, 2.45) is 0 Å². The standard InChI is InChI=1S/C11H9FN2O3/c12-8-4-9(6-10(5-8)14(15)16)13-7-11-2-1-3-17-11/h1-6,13H,7H2. The Balaban J connectivity index is 2.13. The number of nitrogens with zero attached hydrogens (tertiary/aromatic N) is 1. The van der Waals surface area contributed by atoms with Crippen molar-refractivity contribution in [2.75, 3.05) is 5.32 Å². The van der Waals surface area contributed by atoms with E-state index in [1.165, 1.54) is 18.4 Å². The van der Waals surface area contributed by atoms with Crippen molar-refractivity contribution < 1.29 is 13.7 Å². The zero-order valence-electron chi connectivity index (χ0n) is 8.72. The monoisotopic (exact) mass is 236 g/mol. The first-order valence-corrected chi connectivity index (χ1v) is 4.86. The summed E-state index contributed by atoms with van der Waals surface area (Å²) in [5.74, 6) is 0.0121. The lowest BCUT2D eigenvalue weighted by Gasteiger charge is -2.04. The molecule has 1 N–H and O–H groups in total. The van der Waals surface area contributed by atoms with Gasteiger partial charge in [0.1, 0.15) is 11.6 Å². The summed E-state index contributed by atoms with van der Waals surface area (Å²) in [6.45, 7) is 0.341. The first-order valence-electron chi connectivity index (χ1n) is 4.86. The third-order valence-electron chi connectivity index (χ3n) is 2.14. The van der Waals surface area contributed by atoms with E-state index in [4.69, 9.17) is 4.42 Å². The summed E-state index contributed by atoms with van der Waals surface area (Å²) in [4.78, 5) is 9.89. The van der Waals surface area contributed by atoms with Crippen molar-refractivity contribution >= 4 is 11.4 Å². The fourth-order valence-electron chi connectivity index (χ4n) is 1.38. The number of benzene rings is 1. The number of furan rings is 1. The van der Waals surface area contributed by atoms with Crippen molar-refractivity contribution in [3.05, 3.63) is 58.3 Å². The Hall–Kier alpha value is -2.37. The number of non-ortho nitro benzene ring substituents is 1. The molecule has 5 nitrogen and oxygen atoms in total. The van der Waals surface area contributed by atoms with Gasteiger partial charge < -0.3 is 9.73 Å². The van der Waals surface area contributed by atoms with Gasteiger partial charge in [-0.25, -0.2) is 4.39 Å². The van der Waals surface area contributed by atoms with E-state index < -0.39 is 10.7 Å². The first kappa shape index (κ1) is 11.1. The van der Waals surface area contributed by atoms with E-state index in [2.05, 4.69) is 5.32 Å². The van der Waals surface area contributed by atoms with Gasteiger partial charge >= 0.3 is 0 Å². The Kier molecular flexibility index (Phi) is 3.04. The molecule has 0 aliphatic rings. The third kappa shape index (κ3) is 2.81. The van der Waals surface area contributed by atoms with Crippen LogP contribution in [0.2, 0.25) is 0 Å². The van der Waals surface area contributed by atoms with Gasteiger partial charge in [-0.2, -0.15) is 0 Å². The number of nitro benzene ring substituents is 1. The summed E-state index contributed by atoms with van der Waals surface area (Å²) in [5, 5.41) is 13.4. The largest absolute Gasteiger partial charge is 0.467 e. The van der Waals surface area contributed by atoms with Crippen LogP contribution >= 0.6 is 0 Å². The molecule has 2 rings (SSSR count). The molecule has 0 amide bonds. The molecule has 1 heterocycles. The zero-order valence-corrected chi connectivity index (χ0v) is 8.72. The van der Waals surface area contributed by atoms with Crippen LogP contribution in [0.15, 0.2) is 41.0 Å². The SMILES string of the molecule is O=[N+]([O-])c1cc(F)cc(NCc2ccco2)c1. The van der Waals surface area contributed by atoms with E-state index in [1.807, 2.05) is 0 Å². The van der Waals surface area contributed by atoms with Crippen LogP contribution in [0.5, 0.6) is 0 Å². The van der Waals surface area contributed by atoms with Crippen LogP contribution in [0.4, 0.5) is 15.8 Å². The van der Waals surface area contributed by atoms with Gasteiger partial charge in [0, 0.05) is 11.8 Å². The molecule has 0 saturated carbocycles.